The first-order valence-corrected chi connectivity index (χ1v) is 9.74. The van der Waals surface area contributed by atoms with Gasteiger partial charge in [0.2, 0.25) is 19.4 Å². The number of carbonyl (C=O) groups excluding carboxylic acids is 2. The van der Waals surface area contributed by atoms with Crippen molar-refractivity contribution >= 4 is 17.8 Å². The second kappa shape index (κ2) is 7.05. The quantitative estimate of drug-likeness (QED) is 0.350. The highest BCUT2D eigenvalue weighted by molar-refractivity contribution is 6.14. The molecule has 6 rings (SSSR count). The van der Waals surface area contributed by atoms with Crippen LogP contribution in [0.1, 0.15) is 26.3 Å². The molecule has 0 amide bonds. The van der Waals surface area contributed by atoms with E-state index in [0.29, 0.717) is 39.9 Å². The Bertz CT molecular complexity index is 1320. The lowest BCUT2D eigenvalue weighted by atomic mass is 10.1. The van der Waals surface area contributed by atoms with E-state index in [1.165, 1.54) is 6.07 Å². The van der Waals surface area contributed by atoms with Crippen LogP contribution in [0.2, 0.25) is 0 Å². The monoisotopic (exact) mass is 430 g/mol. The Morgan fingerprint density at radius 1 is 0.781 bits per heavy atom. The summed E-state index contributed by atoms with van der Waals surface area (Å²) >= 11 is 0. The maximum Gasteiger partial charge on any atom is 0.343 e. The van der Waals surface area contributed by atoms with E-state index in [4.69, 9.17) is 28.4 Å². The zero-order valence-corrected chi connectivity index (χ0v) is 16.5. The summed E-state index contributed by atoms with van der Waals surface area (Å²) in [5.41, 5.74) is 1.44. The molecular weight excluding hydrogens is 416 g/mol. The summed E-state index contributed by atoms with van der Waals surface area (Å²) in [5, 5.41) is 0. The van der Waals surface area contributed by atoms with Crippen molar-refractivity contribution in [3.8, 4) is 34.5 Å². The summed E-state index contributed by atoms with van der Waals surface area (Å²) < 4.78 is 32.4. The Labute approximate surface area is 181 Å². The zero-order valence-electron chi connectivity index (χ0n) is 16.5. The van der Waals surface area contributed by atoms with Crippen LogP contribution in [0.15, 0.2) is 60.4 Å². The second-order valence-electron chi connectivity index (χ2n) is 7.17. The third-order valence-corrected chi connectivity index (χ3v) is 5.15. The first-order valence-electron chi connectivity index (χ1n) is 9.74. The third-order valence-electron chi connectivity index (χ3n) is 5.15. The molecule has 8 nitrogen and oxygen atoms in total. The second-order valence-corrected chi connectivity index (χ2v) is 7.17. The molecule has 0 unspecified atom stereocenters. The SMILES string of the molecule is O=C(Oc1ccc2c(c1)OC(=Cc1ccc3c(c1)OCO3)C2=O)c1ccc2c(c1)OCO2. The van der Waals surface area contributed by atoms with Crippen LogP contribution in [-0.4, -0.2) is 25.3 Å². The lowest BCUT2D eigenvalue weighted by Gasteiger charge is -2.06. The Morgan fingerprint density at radius 3 is 2.31 bits per heavy atom. The third kappa shape index (κ3) is 3.09. The molecule has 0 aromatic heterocycles. The molecule has 3 aromatic carbocycles. The fourth-order valence-electron chi connectivity index (χ4n) is 3.57. The van der Waals surface area contributed by atoms with Gasteiger partial charge in [0.15, 0.2) is 28.8 Å². The van der Waals surface area contributed by atoms with Crippen molar-refractivity contribution < 1.29 is 38.0 Å². The number of benzene rings is 3. The van der Waals surface area contributed by atoms with Crippen molar-refractivity contribution in [2.45, 2.75) is 0 Å². The van der Waals surface area contributed by atoms with E-state index in [0.717, 1.165) is 5.56 Å². The number of carbonyl (C=O) groups is 2. The molecular formula is C24H14O8. The lowest BCUT2D eigenvalue weighted by molar-refractivity contribution is 0.0734. The highest BCUT2D eigenvalue weighted by Gasteiger charge is 2.28. The number of rotatable bonds is 3. The van der Waals surface area contributed by atoms with E-state index in [2.05, 4.69) is 0 Å². The molecule has 3 aromatic rings. The van der Waals surface area contributed by atoms with E-state index in [1.54, 1.807) is 54.6 Å². The molecule has 0 N–H and O–H groups in total. The number of allylic oxidation sites excluding steroid dienone is 1. The number of hydrogen-bond donors (Lipinski definition) is 0. The van der Waals surface area contributed by atoms with Crippen LogP contribution < -0.4 is 28.4 Å². The fourth-order valence-corrected chi connectivity index (χ4v) is 3.57. The smallest absolute Gasteiger partial charge is 0.343 e. The van der Waals surface area contributed by atoms with Crippen LogP contribution in [0.4, 0.5) is 0 Å². The van der Waals surface area contributed by atoms with Gasteiger partial charge in [0, 0.05) is 6.07 Å². The van der Waals surface area contributed by atoms with Crippen molar-refractivity contribution in [3.63, 3.8) is 0 Å². The van der Waals surface area contributed by atoms with Gasteiger partial charge < -0.3 is 28.4 Å². The van der Waals surface area contributed by atoms with Crippen LogP contribution in [0.5, 0.6) is 34.5 Å². The molecule has 0 saturated heterocycles. The minimum atomic E-state index is -0.566. The van der Waals surface area contributed by atoms with E-state index < -0.39 is 5.97 Å². The maximum atomic E-state index is 12.7. The van der Waals surface area contributed by atoms with Crippen molar-refractivity contribution in [2.75, 3.05) is 13.6 Å². The lowest BCUT2D eigenvalue weighted by Crippen LogP contribution is -2.08. The summed E-state index contributed by atoms with van der Waals surface area (Å²) in [4.78, 5) is 25.2. The number of esters is 1. The van der Waals surface area contributed by atoms with E-state index in [9.17, 15) is 9.59 Å². The predicted octanol–water partition coefficient (Wildman–Crippen LogP) is 3.98. The Balaban J connectivity index is 1.22. The van der Waals surface area contributed by atoms with Gasteiger partial charge in [0.25, 0.3) is 0 Å². The average molecular weight is 430 g/mol. The van der Waals surface area contributed by atoms with Gasteiger partial charge >= 0.3 is 5.97 Å². The predicted molar refractivity (Wildman–Crippen MR) is 109 cm³/mol. The molecule has 8 heteroatoms. The molecule has 32 heavy (non-hydrogen) atoms. The first kappa shape index (κ1) is 18.3. The molecule has 0 aliphatic carbocycles. The molecule has 3 aliphatic heterocycles. The summed E-state index contributed by atoms with van der Waals surface area (Å²) in [6, 6.07) is 14.8. The summed E-state index contributed by atoms with van der Waals surface area (Å²) in [7, 11) is 0. The van der Waals surface area contributed by atoms with Crippen LogP contribution >= 0.6 is 0 Å². The van der Waals surface area contributed by atoms with Gasteiger partial charge in [-0.05, 0) is 54.1 Å². The van der Waals surface area contributed by atoms with E-state index >= 15 is 0 Å². The summed E-state index contributed by atoms with van der Waals surface area (Å²) in [6.45, 7) is 0.288. The minimum Gasteiger partial charge on any atom is -0.454 e. The molecule has 0 saturated carbocycles. The number of ether oxygens (including phenoxy) is 6. The molecule has 3 aliphatic rings. The number of fused-ring (bicyclic) bond motifs is 3. The van der Waals surface area contributed by atoms with Gasteiger partial charge in [-0.3, -0.25) is 4.79 Å². The molecule has 3 heterocycles. The standard InChI is InChI=1S/C24H14O8/c25-23-16-4-3-15(31-24(26)14-2-6-18-21(9-14)30-12-28-18)10-19(16)32-22(23)8-13-1-5-17-20(7-13)29-11-27-17/h1-10H,11-12H2. The Morgan fingerprint density at radius 2 is 1.50 bits per heavy atom. The molecule has 0 spiro atoms. The summed E-state index contributed by atoms with van der Waals surface area (Å²) in [6.07, 6.45) is 1.63. The van der Waals surface area contributed by atoms with E-state index in [-0.39, 0.29) is 30.9 Å². The van der Waals surface area contributed by atoms with Crippen molar-refractivity contribution in [2.24, 2.45) is 0 Å². The zero-order chi connectivity index (χ0) is 21.7. The number of ketones is 1. The number of Topliss-reactive ketones (excluding diaryl/α,β-unsaturated/α-hetero) is 1. The molecule has 0 fully saturated rings. The van der Waals surface area contributed by atoms with Crippen molar-refractivity contribution in [1.82, 2.24) is 0 Å². The largest absolute Gasteiger partial charge is 0.454 e. The Hall–Kier alpha value is -4.46. The molecule has 0 bridgehead atoms. The van der Waals surface area contributed by atoms with Gasteiger partial charge in [-0.25, -0.2) is 4.79 Å². The van der Waals surface area contributed by atoms with Crippen LogP contribution in [-0.2, 0) is 0 Å². The maximum absolute atomic E-state index is 12.7. The summed E-state index contributed by atoms with van der Waals surface area (Å²) in [5.74, 6) is 2.24. The van der Waals surface area contributed by atoms with Gasteiger partial charge in [-0.15, -0.1) is 0 Å². The van der Waals surface area contributed by atoms with Crippen molar-refractivity contribution in [1.29, 1.82) is 0 Å². The van der Waals surface area contributed by atoms with Crippen LogP contribution in [0.25, 0.3) is 6.08 Å². The topological polar surface area (TPSA) is 89.5 Å². The van der Waals surface area contributed by atoms with E-state index in [1.807, 2.05) is 0 Å². The normalized spacial score (nSPS) is 16.1. The minimum absolute atomic E-state index is 0.117. The molecule has 0 radical (unpaired) electrons. The van der Waals surface area contributed by atoms with Gasteiger partial charge in [-0.2, -0.15) is 0 Å². The highest BCUT2D eigenvalue weighted by Crippen LogP contribution is 2.37. The van der Waals surface area contributed by atoms with Gasteiger partial charge in [-0.1, -0.05) is 6.07 Å². The molecule has 0 atom stereocenters. The van der Waals surface area contributed by atoms with Crippen molar-refractivity contribution in [3.05, 3.63) is 77.0 Å². The average Bonchev–Trinajstić information content (AvgIpc) is 3.52. The fraction of sp³-hybridized carbons (Fsp3) is 0.0833. The van der Waals surface area contributed by atoms with Gasteiger partial charge in [0.1, 0.15) is 11.5 Å². The number of hydrogen-bond acceptors (Lipinski definition) is 8. The highest BCUT2D eigenvalue weighted by atomic mass is 16.7. The first-order chi connectivity index (χ1) is 15.6. The Kier molecular flexibility index (Phi) is 4.04. The van der Waals surface area contributed by atoms with Gasteiger partial charge in [0.05, 0.1) is 11.1 Å². The molecule has 158 valence electrons. The van der Waals surface area contributed by atoms with Crippen LogP contribution in [0.3, 0.4) is 0 Å². The van der Waals surface area contributed by atoms with Crippen LogP contribution in [0, 0.1) is 0 Å².